The number of carbonyl (C=O) groups is 2. The predicted octanol–water partition coefficient (Wildman–Crippen LogP) is 4.69. The molecule has 140 valence electrons. The van der Waals surface area contributed by atoms with Gasteiger partial charge in [-0.1, -0.05) is 48.0 Å². The summed E-state index contributed by atoms with van der Waals surface area (Å²) in [7, 11) is 0. The first-order valence-electron chi connectivity index (χ1n) is 8.77. The summed E-state index contributed by atoms with van der Waals surface area (Å²) >= 11 is 5.77. The molecule has 3 aromatic carbocycles. The Balaban J connectivity index is 1.67. The molecule has 0 saturated heterocycles. The average Bonchev–Trinajstić information content (AvgIpc) is 3.10. The van der Waals surface area contributed by atoms with E-state index in [1.54, 1.807) is 24.3 Å². The first kappa shape index (κ1) is 18.2. The summed E-state index contributed by atoms with van der Waals surface area (Å²) in [5.74, 6) is -1.36. The first-order chi connectivity index (χ1) is 13.5. The largest absolute Gasteiger partial charge is 0.322 e. The van der Waals surface area contributed by atoms with E-state index in [0.29, 0.717) is 17.7 Å². The van der Waals surface area contributed by atoms with Crippen LogP contribution in [0.25, 0.3) is 0 Å². The molecule has 0 aliphatic carbocycles. The molecule has 1 N–H and O–H groups in total. The maximum absolute atomic E-state index is 14.1. The fourth-order valence-corrected chi connectivity index (χ4v) is 3.53. The molecule has 28 heavy (non-hydrogen) atoms. The Bertz CT molecular complexity index is 1060. The highest BCUT2D eigenvalue weighted by Gasteiger charge is 2.38. The molecule has 0 saturated carbocycles. The molecule has 3 aromatic rings. The van der Waals surface area contributed by atoms with Gasteiger partial charge in [-0.15, -0.1) is 0 Å². The van der Waals surface area contributed by atoms with Crippen LogP contribution in [0.15, 0.2) is 72.8 Å². The van der Waals surface area contributed by atoms with Crippen LogP contribution in [0.2, 0.25) is 5.02 Å². The van der Waals surface area contributed by atoms with E-state index in [9.17, 15) is 14.0 Å². The molecular weight excluding hydrogens is 379 g/mol. The highest BCUT2D eigenvalue weighted by atomic mass is 35.5. The number of benzene rings is 3. The van der Waals surface area contributed by atoms with Gasteiger partial charge in [-0.2, -0.15) is 0 Å². The summed E-state index contributed by atoms with van der Waals surface area (Å²) in [6.45, 7) is 0. The summed E-state index contributed by atoms with van der Waals surface area (Å²) in [6.07, 6.45) is 0.357. The number of fused-ring (bicyclic) bond motifs is 1. The minimum Gasteiger partial charge on any atom is -0.322 e. The Morgan fingerprint density at radius 3 is 2.46 bits per heavy atom. The monoisotopic (exact) mass is 394 g/mol. The summed E-state index contributed by atoms with van der Waals surface area (Å²) in [5, 5.41) is 2.82. The van der Waals surface area contributed by atoms with Crippen LogP contribution in [0.4, 0.5) is 15.8 Å². The fraction of sp³-hybridized carbons (Fsp3) is 0.0909. The fourth-order valence-electron chi connectivity index (χ4n) is 3.37. The molecule has 0 fully saturated rings. The zero-order valence-corrected chi connectivity index (χ0v) is 15.5. The molecule has 6 heteroatoms. The summed E-state index contributed by atoms with van der Waals surface area (Å²) in [4.78, 5) is 27.6. The van der Waals surface area contributed by atoms with Crippen LogP contribution < -0.4 is 10.2 Å². The highest BCUT2D eigenvalue weighted by molar-refractivity contribution is 6.30. The third kappa shape index (κ3) is 3.37. The van der Waals surface area contributed by atoms with Gasteiger partial charge in [-0.25, -0.2) is 4.39 Å². The van der Waals surface area contributed by atoms with Gasteiger partial charge in [0, 0.05) is 22.7 Å². The second-order valence-electron chi connectivity index (χ2n) is 6.50. The van der Waals surface area contributed by atoms with Gasteiger partial charge in [0.25, 0.3) is 5.91 Å². The molecule has 4 nitrogen and oxygen atoms in total. The van der Waals surface area contributed by atoms with Gasteiger partial charge in [-0.05, 0) is 42.0 Å². The lowest BCUT2D eigenvalue weighted by molar-refractivity contribution is -0.117. The number of rotatable bonds is 3. The molecule has 0 bridgehead atoms. The van der Waals surface area contributed by atoms with E-state index in [0.717, 1.165) is 11.6 Å². The third-order valence-electron chi connectivity index (χ3n) is 4.71. The van der Waals surface area contributed by atoms with Gasteiger partial charge in [0.1, 0.15) is 11.9 Å². The maximum Gasteiger partial charge on any atom is 0.259 e. The van der Waals surface area contributed by atoms with Gasteiger partial charge in [0.15, 0.2) is 0 Å². The average molecular weight is 395 g/mol. The Morgan fingerprint density at radius 1 is 1.00 bits per heavy atom. The Labute approximate surface area is 166 Å². The minimum atomic E-state index is -0.778. The van der Waals surface area contributed by atoms with Crippen molar-refractivity contribution >= 4 is 34.8 Å². The lowest BCUT2D eigenvalue weighted by Gasteiger charge is -2.25. The van der Waals surface area contributed by atoms with Gasteiger partial charge in [0.2, 0.25) is 5.91 Å². The molecule has 1 aliphatic rings. The molecule has 0 aromatic heterocycles. The molecule has 1 unspecified atom stereocenters. The SMILES string of the molecule is O=C(Nc1ccc(Cl)cc1F)C1Cc2ccccc2N1C(=O)c1ccccc1. The number of nitrogens with one attached hydrogen (secondary N) is 1. The van der Waals surface area contributed by atoms with Crippen LogP contribution in [0.3, 0.4) is 0 Å². The van der Waals surface area contributed by atoms with E-state index in [1.165, 1.54) is 17.0 Å². The van der Waals surface area contributed by atoms with Crippen molar-refractivity contribution in [1.29, 1.82) is 0 Å². The highest BCUT2D eigenvalue weighted by Crippen LogP contribution is 2.34. The van der Waals surface area contributed by atoms with E-state index in [4.69, 9.17) is 11.6 Å². The van der Waals surface area contributed by atoms with Crippen molar-refractivity contribution in [2.75, 3.05) is 10.2 Å². The van der Waals surface area contributed by atoms with Crippen LogP contribution in [-0.4, -0.2) is 17.9 Å². The van der Waals surface area contributed by atoms with Crippen LogP contribution in [0.5, 0.6) is 0 Å². The topological polar surface area (TPSA) is 49.4 Å². The predicted molar refractivity (Wildman–Crippen MR) is 107 cm³/mol. The molecular formula is C22H16ClFN2O2. The van der Waals surface area contributed by atoms with Crippen LogP contribution in [-0.2, 0) is 11.2 Å². The van der Waals surface area contributed by atoms with Crippen molar-refractivity contribution in [3.63, 3.8) is 0 Å². The second kappa shape index (κ2) is 7.44. The Kier molecular flexibility index (Phi) is 4.84. The van der Waals surface area contributed by atoms with E-state index in [-0.39, 0.29) is 16.6 Å². The van der Waals surface area contributed by atoms with Gasteiger partial charge < -0.3 is 5.32 Å². The lowest BCUT2D eigenvalue weighted by atomic mass is 10.1. The molecule has 4 rings (SSSR count). The number of hydrogen-bond donors (Lipinski definition) is 1. The van der Waals surface area contributed by atoms with Gasteiger partial charge >= 0.3 is 0 Å². The number of para-hydroxylation sites is 1. The van der Waals surface area contributed by atoms with E-state index < -0.39 is 17.8 Å². The summed E-state index contributed by atoms with van der Waals surface area (Å²) in [5.41, 5.74) is 2.09. The zero-order chi connectivity index (χ0) is 19.7. The number of carbonyl (C=O) groups excluding carboxylic acids is 2. The Hall–Kier alpha value is -3.18. The van der Waals surface area contributed by atoms with Gasteiger partial charge in [0.05, 0.1) is 5.69 Å². The number of hydrogen-bond acceptors (Lipinski definition) is 2. The van der Waals surface area contributed by atoms with Crippen molar-refractivity contribution < 1.29 is 14.0 Å². The number of halogens is 2. The zero-order valence-electron chi connectivity index (χ0n) is 14.7. The normalized spacial score (nSPS) is 15.2. The van der Waals surface area contributed by atoms with Crippen LogP contribution in [0.1, 0.15) is 15.9 Å². The van der Waals surface area contributed by atoms with E-state index >= 15 is 0 Å². The van der Waals surface area contributed by atoms with Crippen molar-refractivity contribution in [3.8, 4) is 0 Å². The van der Waals surface area contributed by atoms with E-state index in [2.05, 4.69) is 5.32 Å². The van der Waals surface area contributed by atoms with Crippen molar-refractivity contribution in [3.05, 3.63) is 94.8 Å². The number of anilines is 2. The first-order valence-corrected chi connectivity index (χ1v) is 9.15. The minimum absolute atomic E-state index is 0.0254. The summed E-state index contributed by atoms with van der Waals surface area (Å²) in [6, 6.07) is 19.4. The molecule has 0 spiro atoms. The van der Waals surface area contributed by atoms with Crippen molar-refractivity contribution in [2.24, 2.45) is 0 Å². The molecule has 2 amide bonds. The lowest BCUT2D eigenvalue weighted by Crippen LogP contribution is -2.45. The second-order valence-corrected chi connectivity index (χ2v) is 6.94. The summed E-state index contributed by atoms with van der Waals surface area (Å²) < 4.78 is 14.1. The number of amides is 2. The molecule has 1 aliphatic heterocycles. The van der Waals surface area contributed by atoms with E-state index in [1.807, 2.05) is 30.3 Å². The molecule has 1 atom stereocenters. The van der Waals surface area contributed by atoms with Gasteiger partial charge in [-0.3, -0.25) is 14.5 Å². The quantitative estimate of drug-likeness (QED) is 0.700. The van der Waals surface area contributed by atoms with Crippen molar-refractivity contribution in [1.82, 2.24) is 0 Å². The van der Waals surface area contributed by atoms with Crippen molar-refractivity contribution in [2.45, 2.75) is 12.5 Å². The third-order valence-corrected chi connectivity index (χ3v) is 4.94. The standard InChI is InChI=1S/C22H16ClFN2O2/c23-16-10-11-18(17(24)13-16)25-21(27)20-12-15-8-4-5-9-19(15)26(20)22(28)14-6-2-1-3-7-14/h1-11,13,20H,12H2,(H,25,27). The molecule has 1 heterocycles. The van der Waals surface area contributed by atoms with Crippen LogP contribution >= 0.6 is 11.6 Å². The number of nitrogens with zero attached hydrogens (tertiary/aromatic N) is 1. The smallest absolute Gasteiger partial charge is 0.259 e. The molecule has 0 radical (unpaired) electrons. The van der Waals surface area contributed by atoms with Crippen LogP contribution in [0, 0.1) is 5.82 Å². The maximum atomic E-state index is 14.1. The Morgan fingerprint density at radius 2 is 1.71 bits per heavy atom.